The van der Waals surface area contributed by atoms with Gasteiger partial charge in [-0.3, -0.25) is 0 Å². The number of imidazole rings is 3. The van der Waals surface area contributed by atoms with Gasteiger partial charge in [0, 0.05) is 34.0 Å². The van der Waals surface area contributed by atoms with Gasteiger partial charge in [-0.2, -0.15) is 0 Å². The molecule has 3 rings (SSSR count). The molecule has 0 N–H and O–H groups in total. The third kappa shape index (κ3) is 11.0. The van der Waals surface area contributed by atoms with Crippen LogP contribution < -0.4 is 0 Å². The summed E-state index contributed by atoms with van der Waals surface area (Å²) in [6, 6.07) is 0. The molecule has 210 valence electrons. The summed E-state index contributed by atoms with van der Waals surface area (Å²) < 4.78 is 6.03. The molecule has 3 aromatic heterocycles. The van der Waals surface area contributed by atoms with Crippen molar-refractivity contribution in [1.82, 2.24) is 28.7 Å². The van der Waals surface area contributed by atoms with E-state index in [0.29, 0.717) is 5.28 Å². The van der Waals surface area contributed by atoms with Crippen LogP contribution in [0.1, 0.15) is 98.5 Å². The van der Waals surface area contributed by atoms with Gasteiger partial charge in [0.1, 0.15) is 11.6 Å². The van der Waals surface area contributed by atoms with Crippen LogP contribution >= 0.6 is 11.6 Å². The minimum Gasteiger partial charge on any atom is -0.331 e. The predicted molar refractivity (Wildman–Crippen MR) is 167 cm³/mol. The Balaban J connectivity index is -0.000000452. The van der Waals surface area contributed by atoms with Gasteiger partial charge in [0.15, 0.2) is 0 Å². The second-order valence-corrected chi connectivity index (χ2v) is 8.89. The Hall–Kier alpha value is -2.86. The molecular formula is C30H53ClN6. The van der Waals surface area contributed by atoms with Crippen LogP contribution in [0.4, 0.5) is 0 Å². The molecule has 0 aromatic carbocycles. The lowest BCUT2D eigenvalue weighted by atomic mass is 10.2. The molecule has 0 saturated carbocycles. The SMILES string of the molecule is C.C.C.C=C(C)c1cnc(CCC)n1C.C=C(C)c1cnc(CCC)n1C.C=C(C)c1cnc(Cl)n1C. The molecule has 0 aliphatic rings. The highest BCUT2D eigenvalue weighted by Gasteiger charge is 2.06. The third-order valence-electron chi connectivity index (χ3n) is 5.36. The average molecular weight is 533 g/mol. The highest BCUT2D eigenvalue weighted by molar-refractivity contribution is 6.28. The lowest BCUT2D eigenvalue weighted by molar-refractivity contribution is 0.753. The van der Waals surface area contributed by atoms with Crippen molar-refractivity contribution in [3.63, 3.8) is 0 Å². The summed E-state index contributed by atoms with van der Waals surface area (Å²) in [5.41, 5.74) is 6.38. The number of rotatable bonds is 7. The summed E-state index contributed by atoms with van der Waals surface area (Å²) in [5, 5.41) is 0.498. The van der Waals surface area contributed by atoms with Crippen LogP contribution in [-0.2, 0) is 34.0 Å². The van der Waals surface area contributed by atoms with Gasteiger partial charge in [-0.1, -0.05) is 55.9 Å². The highest BCUT2D eigenvalue weighted by Crippen LogP contribution is 2.15. The molecule has 6 nitrogen and oxygen atoms in total. The van der Waals surface area contributed by atoms with E-state index >= 15 is 0 Å². The topological polar surface area (TPSA) is 53.5 Å². The van der Waals surface area contributed by atoms with Crippen molar-refractivity contribution in [3.8, 4) is 0 Å². The Morgan fingerprint density at radius 1 is 0.649 bits per heavy atom. The van der Waals surface area contributed by atoms with Crippen LogP contribution in [0.15, 0.2) is 38.3 Å². The van der Waals surface area contributed by atoms with E-state index in [-0.39, 0.29) is 22.3 Å². The standard InChI is InChI=1S/2C10H16N2.C7H9ClN2.3CH4/c2*1-5-6-10-11-7-9(8(2)3)12(10)4;1-5(2)6-4-9-7(8)10(6)3;;;/h2*7H,2,5-6H2,1,3-4H3;4H,1H2,2-3H3;3*1H4. The zero-order valence-corrected chi connectivity index (χ0v) is 23.0. The lowest BCUT2D eigenvalue weighted by Gasteiger charge is -2.03. The van der Waals surface area contributed by atoms with E-state index in [1.807, 2.05) is 54.3 Å². The van der Waals surface area contributed by atoms with E-state index in [0.717, 1.165) is 71.1 Å². The molecule has 0 radical (unpaired) electrons. The van der Waals surface area contributed by atoms with E-state index in [2.05, 4.69) is 57.7 Å². The molecule has 0 fully saturated rings. The zero-order chi connectivity index (χ0) is 26.0. The van der Waals surface area contributed by atoms with Crippen molar-refractivity contribution in [1.29, 1.82) is 0 Å². The Kier molecular flexibility index (Phi) is 19.2. The molecule has 0 atom stereocenters. The van der Waals surface area contributed by atoms with Crippen LogP contribution in [0.2, 0.25) is 5.28 Å². The number of hydrogen-bond donors (Lipinski definition) is 0. The smallest absolute Gasteiger partial charge is 0.202 e. The van der Waals surface area contributed by atoms with Gasteiger partial charge >= 0.3 is 0 Å². The van der Waals surface area contributed by atoms with Crippen molar-refractivity contribution >= 4 is 28.3 Å². The van der Waals surface area contributed by atoms with E-state index < -0.39 is 0 Å². The van der Waals surface area contributed by atoms with Crippen molar-refractivity contribution in [2.24, 2.45) is 21.1 Å². The first-order valence-corrected chi connectivity index (χ1v) is 12.0. The number of hydrogen-bond acceptors (Lipinski definition) is 3. The highest BCUT2D eigenvalue weighted by atomic mass is 35.5. The largest absolute Gasteiger partial charge is 0.331 e. The van der Waals surface area contributed by atoms with Crippen molar-refractivity contribution in [2.75, 3.05) is 0 Å². The maximum Gasteiger partial charge on any atom is 0.202 e. The average Bonchev–Trinajstić information content (AvgIpc) is 3.42. The van der Waals surface area contributed by atoms with Gasteiger partial charge in [-0.05, 0) is 61.9 Å². The van der Waals surface area contributed by atoms with E-state index in [1.54, 1.807) is 10.8 Å². The Bertz CT molecular complexity index is 1050. The van der Waals surface area contributed by atoms with Gasteiger partial charge in [-0.15, -0.1) is 0 Å². The maximum atomic E-state index is 5.68. The van der Waals surface area contributed by atoms with Crippen molar-refractivity contribution in [2.45, 2.75) is 82.6 Å². The summed E-state index contributed by atoms with van der Waals surface area (Å²) in [6.07, 6.45) is 9.87. The van der Waals surface area contributed by atoms with Gasteiger partial charge in [0.2, 0.25) is 5.28 Å². The molecule has 3 heterocycles. The zero-order valence-electron chi connectivity index (χ0n) is 22.2. The fourth-order valence-electron chi connectivity index (χ4n) is 3.38. The summed E-state index contributed by atoms with van der Waals surface area (Å²) in [5.74, 6) is 2.30. The molecule has 0 aliphatic heterocycles. The Morgan fingerprint density at radius 3 is 1.14 bits per heavy atom. The van der Waals surface area contributed by atoms with Gasteiger partial charge in [0.25, 0.3) is 0 Å². The molecule has 3 aromatic rings. The van der Waals surface area contributed by atoms with Crippen molar-refractivity contribution < 1.29 is 0 Å². The third-order valence-corrected chi connectivity index (χ3v) is 5.71. The summed E-state index contributed by atoms with van der Waals surface area (Å²) >= 11 is 5.68. The number of aryl methyl sites for hydroxylation is 2. The lowest BCUT2D eigenvalue weighted by Crippen LogP contribution is -1.99. The maximum absolute atomic E-state index is 5.68. The molecule has 0 aliphatic carbocycles. The van der Waals surface area contributed by atoms with Crippen LogP contribution in [-0.4, -0.2) is 28.7 Å². The van der Waals surface area contributed by atoms with E-state index in [9.17, 15) is 0 Å². The molecule has 0 saturated heterocycles. The van der Waals surface area contributed by atoms with Crippen molar-refractivity contribution in [3.05, 3.63) is 72.3 Å². The van der Waals surface area contributed by atoms with Crippen LogP contribution in [0.5, 0.6) is 0 Å². The second kappa shape index (κ2) is 18.4. The molecule has 7 heteroatoms. The van der Waals surface area contributed by atoms with Crippen LogP contribution in [0, 0.1) is 0 Å². The first-order valence-electron chi connectivity index (χ1n) is 11.6. The number of nitrogens with zero attached hydrogens (tertiary/aromatic N) is 6. The normalized spacial score (nSPS) is 9.32. The molecule has 37 heavy (non-hydrogen) atoms. The van der Waals surface area contributed by atoms with E-state index in [4.69, 9.17) is 11.6 Å². The minimum absolute atomic E-state index is 0. The second-order valence-electron chi connectivity index (χ2n) is 8.55. The summed E-state index contributed by atoms with van der Waals surface area (Å²) in [4.78, 5) is 12.6. The first kappa shape index (κ1) is 38.7. The molecule has 0 amide bonds. The van der Waals surface area contributed by atoms with Gasteiger partial charge < -0.3 is 13.7 Å². The fourth-order valence-corrected chi connectivity index (χ4v) is 3.52. The van der Waals surface area contributed by atoms with Crippen LogP contribution in [0.3, 0.4) is 0 Å². The minimum atomic E-state index is 0. The first-order chi connectivity index (χ1) is 16.0. The number of allylic oxidation sites excluding steroid dienone is 3. The van der Waals surface area contributed by atoms with Gasteiger partial charge in [0.05, 0.1) is 35.7 Å². The molecule has 0 spiro atoms. The van der Waals surface area contributed by atoms with Crippen LogP contribution in [0.25, 0.3) is 16.7 Å². The fraction of sp³-hybridized carbons (Fsp3) is 0.500. The molecule has 0 bridgehead atoms. The molecule has 0 unspecified atom stereocenters. The number of halogens is 1. The Labute approximate surface area is 232 Å². The van der Waals surface area contributed by atoms with E-state index in [1.165, 1.54) is 0 Å². The quantitative estimate of drug-likeness (QED) is 0.305. The van der Waals surface area contributed by atoms with Gasteiger partial charge in [-0.25, -0.2) is 15.0 Å². The summed E-state index contributed by atoms with van der Waals surface area (Å²) in [7, 11) is 5.95. The Morgan fingerprint density at radius 2 is 0.946 bits per heavy atom. The summed E-state index contributed by atoms with van der Waals surface area (Å²) in [6.45, 7) is 21.8. The predicted octanol–water partition coefficient (Wildman–Crippen LogP) is 8.83. The number of aromatic nitrogens is 6. The molecular weight excluding hydrogens is 480 g/mol. The monoisotopic (exact) mass is 532 g/mol.